The zero-order valence-electron chi connectivity index (χ0n) is 6.28. The van der Waals surface area contributed by atoms with Crippen LogP contribution in [0.25, 0.3) is 5.52 Å². The number of rotatable bonds is 0. The van der Waals surface area contributed by atoms with Gasteiger partial charge in [-0.15, -0.1) is 0 Å². The van der Waals surface area contributed by atoms with E-state index in [0.29, 0.717) is 0 Å². The van der Waals surface area contributed by atoms with Gasteiger partial charge in [0, 0.05) is 11.9 Å². The van der Waals surface area contributed by atoms with Crippen LogP contribution < -0.4 is 5.73 Å². The highest BCUT2D eigenvalue weighted by Gasteiger charge is 1.98. The zero-order chi connectivity index (χ0) is 7.84. The molecule has 0 fully saturated rings. The Balaban J connectivity index is 2.94. The molecule has 2 aromatic rings. The molecule has 0 aromatic carbocycles. The lowest BCUT2D eigenvalue weighted by molar-refractivity contribution is 0.904. The summed E-state index contributed by atoms with van der Waals surface area (Å²) in [6.45, 7) is 2.00. The third kappa shape index (κ3) is 0.774. The molecule has 2 heterocycles. The summed E-state index contributed by atoms with van der Waals surface area (Å²) in [6.07, 6.45) is 1.70. The van der Waals surface area contributed by atoms with E-state index in [4.69, 9.17) is 5.73 Å². The fourth-order valence-corrected chi connectivity index (χ4v) is 1.17. The van der Waals surface area contributed by atoms with Crippen LogP contribution in [0.1, 0.15) is 5.69 Å². The van der Waals surface area contributed by atoms with Crippen molar-refractivity contribution >= 4 is 11.2 Å². The molecule has 0 bridgehead atoms. The number of hydrogen-bond donors (Lipinski definition) is 1. The monoisotopic (exact) mass is 147 g/mol. The minimum atomic E-state index is 0.771. The van der Waals surface area contributed by atoms with Crippen molar-refractivity contribution in [3.63, 3.8) is 0 Å². The van der Waals surface area contributed by atoms with Gasteiger partial charge in [-0.05, 0) is 25.1 Å². The first-order chi connectivity index (χ1) is 5.29. The third-order valence-corrected chi connectivity index (χ3v) is 1.78. The van der Waals surface area contributed by atoms with Crippen LogP contribution in [0.3, 0.4) is 0 Å². The van der Waals surface area contributed by atoms with Gasteiger partial charge in [-0.1, -0.05) is 0 Å². The maximum absolute atomic E-state index is 5.71. The van der Waals surface area contributed by atoms with Crippen LogP contribution in [0.4, 0.5) is 5.69 Å². The first-order valence-corrected chi connectivity index (χ1v) is 3.48. The van der Waals surface area contributed by atoms with Crippen LogP contribution in [-0.2, 0) is 0 Å². The Bertz CT molecular complexity index is 389. The Hall–Kier alpha value is -1.51. The van der Waals surface area contributed by atoms with Crippen LogP contribution in [0.2, 0.25) is 0 Å². The van der Waals surface area contributed by atoms with E-state index in [-0.39, 0.29) is 0 Å². The number of fused-ring (bicyclic) bond motifs is 1. The second-order valence-corrected chi connectivity index (χ2v) is 2.56. The van der Waals surface area contributed by atoms with Gasteiger partial charge in [0.15, 0.2) is 0 Å². The van der Waals surface area contributed by atoms with E-state index in [1.165, 1.54) is 0 Å². The van der Waals surface area contributed by atoms with Crippen molar-refractivity contribution in [3.05, 3.63) is 30.1 Å². The Labute approximate surface area is 64.4 Å². The smallest absolute Gasteiger partial charge is 0.0879 e. The van der Waals surface area contributed by atoms with Crippen molar-refractivity contribution in [2.24, 2.45) is 0 Å². The lowest BCUT2D eigenvalue weighted by Gasteiger charge is -1.97. The zero-order valence-corrected chi connectivity index (χ0v) is 6.28. The molecular formula is C8H9N3. The number of anilines is 1. The average Bonchev–Trinajstić information content (AvgIpc) is 2.35. The van der Waals surface area contributed by atoms with Crippen molar-refractivity contribution in [3.8, 4) is 0 Å². The molecule has 2 N–H and O–H groups in total. The minimum absolute atomic E-state index is 0.771. The minimum Gasteiger partial charge on any atom is -0.397 e. The Morgan fingerprint density at radius 1 is 1.36 bits per heavy atom. The highest BCUT2D eigenvalue weighted by molar-refractivity contribution is 5.69. The van der Waals surface area contributed by atoms with E-state index in [9.17, 15) is 0 Å². The van der Waals surface area contributed by atoms with Crippen molar-refractivity contribution in [2.45, 2.75) is 6.92 Å². The molecule has 0 saturated heterocycles. The van der Waals surface area contributed by atoms with E-state index >= 15 is 0 Å². The van der Waals surface area contributed by atoms with E-state index in [0.717, 1.165) is 16.9 Å². The molecule has 0 unspecified atom stereocenters. The van der Waals surface area contributed by atoms with Gasteiger partial charge in [0.05, 0.1) is 11.2 Å². The Morgan fingerprint density at radius 3 is 2.91 bits per heavy atom. The molecule has 0 radical (unpaired) electrons. The fraction of sp³-hybridized carbons (Fsp3) is 0.125. The molecule has 0 aliphatic rings. The van der Waals surface area contributed by atoms with E-state index in [1.54, 1.807) is 12.3 Å². The van der Waals surface area contributed by atoms with Crippen LogP contribution >= 0.6 is 0 Å². The van der Waals surface area contributed by atoms with Crippen molar-refractivity contribution in [2.75, 3.05) is 5.73 Å². The largest absolute Gasteiger partial charge is 0.397 e. The number of aromatic nitrogens is 2. The average molecular weight is 147 g/mol. The van der Waals surface area contributed by atoms with Gasteiger partial charge in [0.2, 0.25) is 0 Å². The summed E-state index contributed by atoms with van der Waals surface area (Å²) in [6, 6.07) is 5.77. The SMILES string of the molecule is Cc1ccc2c(N)ccnn12. The highest BCUT2D eigenvalue weighted by Crippen LogP contribution is 2.13. The van der Waals surface area contributed by atoms with E-state index in [1.807, 2.05) is 23.6 Å². The molecule has 0 spiro atoms. The van der Waals surface area contributed by atoms with Crippen molar-refractivity contribution < 1.29 is 0 Å². The summed E-state index contributed by atoms with van der Waals surface area (Å²) in [4.78, 5) is 0. The van der Waals surface area contributed by atoms with E-state index < -0.39 is 0 Å². The van der Waals surface area contributed by atoms with Crippen molar-refractivity contribution in [1.82, 2.24) is 9.61 Å². The Morgan fingerprint density at radius 2 is 2.18 bits per heavy atom. The number of nitrogens with two attached hydrogens (primary N) is 1. The quantitative estimate of drug-likeness (QED) is 0.609. The van der Waals surface area contributed by atoms with Gasteiger partial charge in [-0.2, -0.15) is 5.10 Å². The molecule has 0 aliphatic carbocycles. The topological polar surface area (TPSA) is 43.3 Å². The van der Waals surface area contributed by atoms with Crippen LogP contribution in [0.5, 0.6) is 0 Å². The molecule has 0 amide bonds. The standard InChI is InChI=1S/C8H9N3/c1-6-2-3-8-7(9)4-5-10-11(6)8/h2-5H,9H2,1H3. The fourth-order valence-electron chi connectivity index (χ4n) is 1.17. The summed E-state index contributed by atoms with van der Waals surface area (Å²) in [5, 5.41) is 4.14. The molecule has 3 nitrogen and oxygen atoms in total. The molecule has 56 valence electrons. The van der Waals surface area contributed by atoms with Crippen molar-refractivity contribution in [1.29, 1.82) is 0 Å². The number of nitrogens with zero attached hydrogens (tertiary/aromatic N) is 2. The Kier molecular flexibility index (Phi) is 1.12. The van der Waals surface area contributed by atoms with Gasteiger partial charge < -0.3 is 5.73 Å². The molecule has 0 saturated carbocycles. The molecule has 11 heavy (non-hydrogen) atoms. The highest BCUT2D eigenvalue weighted by atomic mass is 15.2. The second kappa shape index (κ2) is 1.99. The molecule has 0 aliphatic heterocycles. The summed E-state index contributed by atoms with van der Waals surface area (Å²) in [5.74, 6) is 0. The van der Waals surface area contributed by atoms with Gasteiger partial charge >= 0.3 is 0 Å². The second-order valence-electron chi connectivity index (χ2n) is 2.56. The normalized spacial score (nSPS) is 10.6. The molecule has 2 aromatic heterocycles. The summed E-state index contributed by atoms with van der Waals surface area (Å²) < 4.78 is 1.83. The molecule has 3 heteroatoms. The maximum Gasteiger partial charge on any atom is 0.0879 e. The first-order valence-electron chi connectivity index (χ1n) is 3.48. The predicted molar refractivity (Wildman–Crippen MR) is 44.3 cm³/mol. The van der Waals surface area contributed by atoms with Crippen LogP contribution in [0, 0.1) is 6.92 Å². The van der Waals surface area contributed by atoms with E-state index in [2.05, 4.69) is 5.10 Å². The molecule has 0 atom stereocenters. The van der Waals surface area contributed by atoms with Gasteiger partial charge in [-0.3, -0.25) is 0 Å². The number of nitrogen functional groups attached to an aromatic ring is 1. The predicted octanol–water partition coefficient (Wildman–Crippen LogP) is 1.22. The van der Waals surface area contributed by atoms with Gasteiger partial charge in [-0.25, -0.2) is 4.52 Å². The summed E-state index contributed by atoms with van der Waals surface area (Å²) in [5.41, 5.74) is 8.56. The third-order valence-electron chi connectivity index (χ3n) is 1.78. The van der Waals surface area contributed by atoms with Crippen LogP contribution in [-0.4, -0.2) is 9.61 Å². The molecule has 2 rings (SSSR count). The lowest BCUT2D eigenvalue weighted by atomic mass is 10.4. The number of hydrogen-bond acceptors (Lipinski definition) is 2. The van der Waals surface area contributed by atoms with Gasteiger partial charge in [0.25, 0.3) is 0 Å². The van der Waals surface area contributed by atoms with Gasteiger partial charge in [0.1, 0.15) is 0 Å². The summed E-state index contributed by atoms with van der Waals surface area (Å²) in [7, 11) is 0. The number of aryl methyl sites for hydroxylation is 1. The van der Waals surface area contributed by atoms with Crippen LogP contribution in [0.15, 0.2) is 24.4 Å². The first kappa shape index (κ1) is 6.22. The summed E-state index contributed by atoms with van der Waals surface area (Å²) >= 11 is 0. The lowest BCUT2D eigenvalue weighted by Crippen LogP contribution is -1.95. The molecular weight excluding hydrogens is 138 g/mol. The maximum atomic E-state index is 5.71.